The summed E-state index contributed by atoms with van der Waals surface area (Å²) in [6.45, 7) is 3.95. The van der Waals surface area contributed by atoms with Crippen LogP contribution in [0.25, 0.3) is 0 Å². The highest BCUT2D eigenvalue weighted by Gasteiger charge is 2.03. The van der Waals surface area contributed by atoms with E-state index in [1.165, 1.54) is 0 Å². The molecule has 0 amide bonds. The van der Waals surface area contributed by atoms with Crippen LogP contribution in [0, 0.1) is 11.3 Å². The molecule has 0 aliphatic heterocycles. The second-order valence-corrected chi connectivity index (χ2v) is 2.27. The lowest BCUT2D eigenvalue weighted by atomic mass is 10.4. The predicted molar refractivity (Wildman–Crippen MR) is 35.1 cm³/mol. The van der Waals surface area contributed by atoms with Gasteiger partial charge in [0, 0.05) is 6.04 Å². The summed E-state index contributed by atoms with van der Waals surface area (Å²) in [5.74, 6) is 0.370. The summed E-state index contributed by atoms with van der Waals surface area (Å²) in [4.78, 5) is 0. The van der Waals surface area contributed by atoms with Gasteiger partial charge in [-0.25, -0.2) is 0 Å². The molecule has 52 valence electrons. The van der Waals surface area contributed by atoms with Gasteiger partial charge in [0.2, 0.25) is 5.82 Å². The Morgan fingerprint density at radius 2 is 2.40 bits per heavy atom. The Labute approximate surface area is 59.1 Å². The van der Waals surface area contributed by atoms with Gasteiger partial charge in [0.25, 0.3) is 0 Å². The van der Waals surface area contributed by atoms with Crippen LogP contribution in [0.5, 0.6) is 0 Å². The van der Waals surface area contributed by atoms with Gasteiger partial charge >= 0.3 is 0 Å². The zero-order valence-corrected chi connectivity index (χ0v) is 5.94. The maximum Gasteiger partial charge on any atom is 0.235 e. The molecule has 0 N–H and O–H groups in total. The normalized spacial score (nSPS) is 9.80. The summed E-state index contributed by atoms with van der Waals surface area (Å²) in [7, 11) is 0. The maximum absolute atomic E-state index is 8.48. The Morgan fingerprint density at radius 1 is 1.70 bits per heavy atom. The number of aromatic nitrogens is 3. The van der Waals surface area contributed by atoms with E-state index in [2.05, 4.69) is 10.2 Å². The molecule has 1 heterocycles. The van der Waals surface area contributed by atoms with Crippen LogP contribution >= 0.6 is 0 Å². The first-order valence-electron chi connectivity index (χ1n) is 3.05. The molecule has 0 spiro atoms. The van der Waals surface area contributed by atoms with E-state index >= 15 is 0 Å². The topological polar surface area (TPSA) is 54.5 Å². The van der Waals surface area contributed by atoms with Gasteiger partial charge in [0.15, 0.2) is 0 Å². The summed E-state index contributed by atoms with van der Waals surface area (Å²) in [6.07, 6.45) is 1.56. The second kappa shape index (κ2) is 2.48. The van der Waals surface area contributed by atoms with E-state index in [0.717, 1.165) is 0 Å². The van der Waals surface area contributed by atoms with Crippen LogP contribution in [0.2, 0.25) is 0 Å². The van der Waals surface area contributed by atoms with Gasteiger partial charge in [-0.1, -0.05) is 0 Å². The van der Waals surface area contributed by atoms with Crippen molar-refractivity contribution in [2.24, 2.45) is 0 Å². The zero-order valence-electron chi connectivity index (χ0n) is 5.94. The molecule has 0 unspecified atom stereocenters. The average Bonchev–Trinajstić information content (AvgIpc) is 2.33. The molecule has 0 saturated carbocycles. The molecular weight excluding hydrogens is 128 g/mol. The van der Waals surface area contributed by atoms with Crippen molar-refractivity contribution in [2.45, 2.75) is 19.9 Å². The minimum atomic E-state index is 0.254. The van der Waals surface area contributed by atoms with E-state index < -0.39 is 0 Å². The van der Waals surface area contributed by atoms with E-state index in [-0.39, 0.29) is 6.04 Å². The lowest BCUT2D eigenvalue weighted by molar-refractivity contribution is 0.591. The van der Waals surface area contributed by atoms with Crippen molar-refractivity contribution in [2.75, 3.05) is 0 Å². The van der Waals surface area contributed by atoms with Crippen molar-refractivity contribution < 1.29 is 0 Å². The van der Waals surface area contributed by atoms with Crippen molar-refractivity contribution in [3.8, 4) is 6.07 Å². The highest BCUT2D eigenvalue weighted by molar-refractivity contribution is 5.08. The molecule has 0 aromatic carbocycles. The molecule has 0 bridgehead atoms. The molecule has 0 aliphatic carbocycles. The van der Waals surface area contributed by atoms with Crippen molar-refractivity contribution in [3.05, 3.63) is 12.2 Å². The highest BCUT2D eigenvalue weighted by atomic mass is 15.3. The number of nitrogens with zero attached hydrogens (tertiary/aromatic N) is 4. The van der Waals surface area contributed by atoms with Gasteiger partial charge in [-0.3, -0.25) is 0 Å². The van der Waals surface area contributed by atoms with E-state index in [4.69, 9.17) is 5.26 Å². The fraction of sp³-hybridized carbons (Fsp3) is 0.500. The lowest BCUT2D eigenvalue weighted by Gasteiger charge is -2.03. The van der Waals surface area contributed by atoms with Crippen LogP contribution in [0.15, 0.2) is 6.33 Å². The Bertz CT molecular complexity index is 255. The Balaban J connectivity index is 3.05. The van der Waals surface area contributed by atoms with Crippen LogP contribution in [0.3, 0.4) is 0 Å². The fourth-order valence-corrected chi connectivity index (χ4v) is 0.700. The van der Waals surface area contributed by atoms with Gasteiger partial charge in [-0.15, -0.1) is 10.2 Å². The Hall–Kier alpha value is -1.37. The van der Waals surface area contributed by atoms with Gasteiger partial charge < -0.3 is 4.57 Å². The molecule has 0 aliphatic rings. The zero-order chi connectivity index (χ0) is 7.56. The molecule has 0 radical (unpaired) electrons. The van der Waals surface area contributed by atoms with E-state index in [9.17, 15) is 0 Å². The van der Waals surface area contributed by atoms with Gasteiger partial charge in [-0.05, 0) is 13.8 Å². The van der Waals surface area contributed by atoms with Crippen molar-refractivity contribution in [1.29, 1.82) is 5.26 Å². The average molecular weight is 136 g/mol. The molecule has 0 saturated heterocycles. The summed E-state index contributed by atoms with van der Waals surface area (Å²) >= 11 is 0. The number of nitriles is 1. The third kappa shape index (κ3) is 0.982. The summed E-state index contributed by atoms with van der Waals surface area (Å²) in [6, 6.07) is 2.20. The van der Waals surface area contributed by atoms with Crippen LogP contribution in [-0.4, -0.2) is 14.8 Å². The maximum atomic E-state index is 8.48. The van der Waals surface area contributed by atoms with E-state index in [1.807, 2.05) is 19.9 Å². The van der Waals surface area contributed by atoms with Crippen molar-refractivity contribution >= 4 is 0 Å². The number of hydrogen-bond acceptors (Lipinski definition) is 3. The van der Waals surface area contributed by atoms with E-state index in [1.54, 1.807) is 10.9 Å². The second-order valence-electron chi connectivity index (χ2n) is 2.27. The predicted octanol–water partition coefficient (Wildman–Crippen LogP) is 0.731. The van der Waals surface area contributed by atoms with Crippen molar-refractivity contribution in [1.82, 2.24) is 14.8 Å². The minimum Gasteiger partial charge on any atom is -0.303 e. The van der Waals surface area contributed by atoms with Crippen LogP contribution < -0.4 is 0 Å². The summed E-state index contributed by atoms with van der Waals surface area (Å²) < 4.78 is 1.72. The lowest BCUT2D eigenvalue weighted by Crippen LogP contribution is -2.01. The van der Waals surface area contributed by atoms with Crippen molar-refractivity contribution in [3.63, 3.8) is 0 Å². The minimum absolute atomic E-state index is 0.254. The van der Waals surface area contributed by atoms with Gasteiger partial charge in [0.05, 0.1) is 0 Å². The standard InChI is InChI=1S/C6H8N4/c1-5(2)10-4-8-9-6(10)3-7/h4-5H,1-2H3. The molecule has 1 aromatic rings. The molecule has 4 heteroatoms. The first kappa shape index (κ1) is 6.75. The SMILES string of the molecule is CC(C)n1cnnc1C#N. The molecule has 1 aromatic heterocycles. The van der Waals surface area contributed by atoms with Gasteiger partial charge in [-0.2, -0.15) is 5.26 Å². The van der Waals surface area contributed by atoms with Crippen LogP contribution in [0.1, 0.15) is 25.7 Å². The highest BCUT2D eigenvalue weighted by Crippen LogP contribution is 2.03. The first-order valence-corrected chi connectivity index (χ1v) is 3.05. The number of rotatable bonds is 1. The Kier molecular flexibility index (Phi) is 1.67. The van der Waals surface area contributed by atoms with Crippen LogP contribution in [-0.2, 0) is 0 Å². The molecule has 0 fully saturated rings. The Morgan fingerprint density at radius 3 is 2.80 bits per heavy atom. The van der Waals surface area contributed by atoms with Gasteiger partial charge in [0.1, 0.15) is 12.4 Å². The molecule has 10 heavy (non-hydrogen) atoms. The largest absolute Gasteiger partial charge is 0.303 e. The molecule has 4 nitrogen and oxygen atoms in total. The first-order chi connectivity index (χ1) is 4.75. The molecule has 1 rings (SSSR count). The van der Waals surface area contributed by atoms with Crippen LogP contribution in [0.4, 0.5) is 0 Å². The third-order valence-electron chi connectivity index (χ3n) is 1.23. The summed E-state index contributed by atoms with van der Waals surface area (Å²) in [5, 5.41) is 15.7. The molecule has 0 atom stereocenters. The smallest absolute Gasteiger partial charge is 0.235 e. The summed E-state index contributed by atoms with van der Waals surface area (Å²) in [5.41, 5.74) is 0. The monoisotopic (exact) mass is 136 g/mol. The third-order valence-corrected chi connectivity index (χ3v) is 1.23. The number of hydrogen-bond donors (Lipinski definition) is 0. The fourth-order valence-electron chi connectivity index (χ4n) is 0.700. The van der Waals surface area contributed by atoms with E-state index in [0.29, 0.717) is 5.82 Å². The molecular formula is C6H8N4. The quantitative estimate of drug-likeness (QED) is 0.571.